The number of aliphatic hydroxyl groups excluding tert-OH is 8. The second-order valence-electron chi connectivity index (χ2n) is 20.1. The Morgan fingerprint density at radius 3 is 2.07 bits per heavy atom. The van der Waals surface area contributed by atoms with E-state index in [9.17, 15) is 50.8 Å². The second-order valence-corrected chi connectivity index (χ2v) is 20.1. The van der Waals surface area contributed by atoms with Gasteiger partial charge in [-0.05, 0) is 104 Å². The van der Waals surface area contributed by atoms with Gasteiger partial charge in [-0.2, -0.15) is 0 Å². The molecule has 0 bridgehead atoms. The SMILES string of the molecule is C[C@H](C(O)CC(=O)C(C)(C)O)[C@H]1CC[C@@]2(C)[C@@H]3CC[C@H]4C(C)(C)[C@@H](OC5OC(COC6OC(CO)C(O)C(O)C6O)C(O)C(O)C5O)CC[C@]4(C)C3=CC[C@]12C. The van der Waals surface area contributed by atoms with Crippen LogP contribution in [-0.2, 0) is 23.7 Å². The molecule has 9 N–H and O–H groups in total. The van der Waals surface area contributed by atoms with Crippen molar-refractivity contribution in [3.05, 3.63) is 11.6 Å². The van der Waals surface area contributed by atoms with Gasteiger partial charge >= 0.3 is 0 Å². The molecule has 6 aliphatic rings. The molecule has 19 atom stereocenters. The summed E-state index contributed by atoms with van der Waals surface area (Å²) in [5.74, 6) is 0.380. The van der Waals surface area contributed by atoms with Crippen molar-refractivity contribution in [1.82, 2.24) is 0 Å². The summed E-state index contributed by atoms with van der Waals surface area (Å²) in [6.45, 7) is 15.5. The number of Topliss-reactive ketones (excluding diaryl/α,β-unsaturated/α-hetero) is 1. The number of aliphatic hydroxyl groups is 9. The summed E-state index contributed by atoms with van der Waals surface area (Å²) >= 11 is 0. The van der Waals surface area contributed by atoms with Crippen LogP contribution in [0.4, 0.5) is 0 Å². The molecular formula is C42H70O14. The van der Waals surface area contributed by atoms with Crippen LogP contribution in [0.3, 0.4) is 0 Å². The Bertz CT molecular complexity index is 1450. The maximum atomic E-state index is 12.6. The van der Waals surface area contributed by atoms with Gasteiger partial charge in [-0.25, -0.2) is 0 Å². The molecule has 322 valence electrons. The van der Waals surface area contributed by atoms with Crippen molar-refractivity contribution >= 4 is 5.78 Å². The number of ether oxygens (including phenoxy) is 4. The van der Waals surface area contributed by atoms with Crippen molar-refractivity contribution in [3.63, 3.8) is 0 Å². The van der Waals surface area contributed by atoms with E-state index in [1.807, 2.05) is 0 Å². The Labute approximate surface area is 331 Å². The predicted octanol–water partition coefficient (Wildman–Crippen LogP) is 1.33. The molecule has 4 aliphatic carbocycles. The normalized spacial score (nSPS) is 48.9. The molecule has 3 saturated carbocycles. The van der Waals surface area contributed by atoms with Gasteiger partial charge in [-0.3, -0.25) is 4.79 Å². The Kier molecular flexibility index (Phi) is 12.5. The number of carbonyl (C=O) groups is 1. The van der Waals surface area contributed by atoms with Crippen LogP contribution in [0.1, 0.15) is 107 Å². The minimum absolute atomic E-state index is 0.00513. The van der Waals surface area contributed by atoms with E-state index in [1.165, 1.54) is 19.4 Å². The fraction of sp³-hybridized carbons (Fsp3) is 0.929. The van der Waals surface area contributed by atoms with Gasteiger partial charge in [0.15, 0.2) is 18.4 Å². The van der Waals surface area contributed by atoms with Crippen LogP contribution in [0.25, 0.3) is 0 Å². The summed E-state index contributed by atoms with van der Waals surface area (Å²) in [4.78, 5) is 12.6. The van der Waals surface area contributed by atoms with Gasteiger partial charge in [0.1, 0.15) is 54.4 Å². The Morgan fingerprint density at radius 1 is 0.839 bits per heavy atom. The van der Waals surface area contributed by atoms with E-state index in [2.05, 4.69) is 47.6 Å². The van der Waals surface area contributed by atoms with Crippen LogP contribution >= 0.6 is 0 Å². The Morgan fingerprint density at radius 2 is 1.45 bits per heavy atom. The Balaban J connectivity index is 1.14. The summed E-state index contributed by atoms with van der Waals surface area (Å²) in [5, 5.41) is 94.4. The number of hydrogen-bond acceptors (Lipinski definition) is 14. The summed E-state index contributed by atoms with van der Waals surface area (Å²) in [6, 6.07) is 0. The van der Waals surface area contributed by atoms with Gasteiger partial charge < -0.3 is 64.9 Å². The topological polar surface area (TPSA) is 236 Å². The van der Waals surface area contributed by atoms with Gasteiger partial charge in [0.05, 0.1) is 25.4 Å². The highest BCUT2D eigenvalue weighted by atomic mass is 16.7. The van der Waals surface area contributed by atoms with Crippen LogP contribution in [0, 0.1) is 45.3 Å². The van der Waals surface area contributed by atoms with Gasteiger partial charge in [0, 0.05) is 6.42 Å². The maximum Gasteiger partial charge on any atom is 0.186 e. The molecule has 0 aromatic rings. The molecule has 6 rings (SSSR count). The highest BCUT2D eigenvalue weighted by Gasteiger charge is 2.66. The molecule has 5 fully saturated rings. The number of fused-ring (bicyclic) bond motifs is 5. The van der Waals surface area contributed by atoms with Crippen molar-refractivity contribution in [2.45, 2.75) is 186 Å². The van der Waals surface area contributed by atoms with E-state index >= 15 is 0 Å². The van der Waals surface area contributed by atoms with E-state index in [4.69, 9.17) is 18.9 Å². The minimum Gasteiger partial charge on any atom is -0.394 e. The van der Waals surface area contributed by atoms with E-state index in [-0.39, 0.29) is 57.7 Å². The Hall–Kier alpha value is -1.11. The van der Waals surface area contributed by atoms with Gasteiger partial charge in [0.25, 0.3) is 0 Å². The minimum atomic E-state index is -1.66. The first-order chi connectivity index (χ1) is 25.9. The standard InChI is InChI=1S/C42H70O14/c1-20(24(44)17-28(45)39(4,5)52)21-11-15-42(8)23-9-10-27-38(2,3)29(13-14-40(27,6)22(23)12-16-41(21,42)7)56-37-35(51)33(49)31(47)26(55-37)19-53-36-34(50)32(48)30(46)25(18-43)54-36/h12,20-21,23-27,29-37,43-44,46-52H,9-11,13-19H2,1-8H3/t20-,21+,23+,24?,25?,26?,27-,29-,30?,31?,32?,33?,34?,35?,36?,37?,40+,41+,42-/m0/s1. The predicted molar refractivity (Wildman–Crippen MR) is 201 cm³/mol. The lowest BCUT2D eigenvalue weighted by Crippen LogP contribution is -2.63. The summed E-state index contributed by atoms with van der Waals surface area (Å²) in [6.07, 6.45) is -7.21. The monoisotopic (exact) mass is 798 g/mol. The van der Waals surface area contributed by atoms with Gasteiger partial charge in [-0.15, -0.1) is 0 Å². The van der Waals surface area contributed by atoms with E-state index in [0.29, 0.717) is 12.3 Å². The van der Waals surface area contributed by atoms with Crippen molar-refractivity contribution < 1.29 is 69.7 Å². The molecule has 2 aliphatic heterocycles. The summed E-state index contributed by atoms with van der Waals surface area (Å²) in [5.41, 5.74) is -0.525. The molecule has 0 spiro atoms. The number of hydrogen-bond donors (Lipinski definition) is 9. The van der Waals surface area contributed by atoms with Crippen molar-refractivity contribution in [3.8, 4) is 0 Å². The second kappa shape index (κ2) is 15.7. The quantitative estimate of drug-likeness (QED) is 0.106. The largest absolute Gasteiger partial charge is 0.394 e. The lowest BCUT2D eigenvalue weighted by atomic mass is 9.41. The summed E-state index contributed by atoms with van der Waals surface area (Å²) < 4.78 is 23.6. The lowest BCUT2D eigenvalue weighted by Gasteiger charge is -2.64. The fourth-order valence-corrected chi connectivity index (χ4v) is 12.4. The smallest absolute Gasteiger partial charge is 0.186 e. The van der Waals surface area contributed by atoms with Crippen LogP contribution in [-0.4, -0.2) is 144 Å². The molecule has 0 amide bonds. The molecule has 0 radical (unpaired) electrons. The zero-order chi connectivity index (χ0) is 41.5. The summed E-state index contributed by atoms with van der Waals surface area (Å²) in [7, 11) is 0. The first-order valence-corrected chi connectivity index (χ1v) is 20.9. The molecule has 56 heavy (non-hydrogen) atoms. The number of carbonyl (C=O) groups excluding carboxylic acids is 1. The zero-order valence-corrected chi connectivity index (χ0v) is 34.5. The molecule has 14 heteroatoms. The average molecular weight is 799 g/mol. The zero-order valence-electron chi connectivity index (χ0n) is 34.5. The van der Waals surface area contributed by atoms with Gasteiger partial charge in [-0.1, -0.05) is 53.2 Å². The van der Waals surface area contributed by atoms with Crippen LogP contribution in [0.15, 0.2) is 11.6 Å². The highest BCUT2D eigenvalue weighted by Crippen LogP contribution is 2.73. The number of rotatable bonds is 11. The molecule has 0 aromatic carbocycles. The molecule has 2 saturated heterocycles. The number of allylic oxidation sites excluding steroid dienone is 2. The van der Waals surface area contributed by atoms with E-state index in [0.717, 1.165) is 38.5 Å². The highest BCUT2D eigenvalue weighted by molar-refractivity contribution is 5.86. The van der Waals surface area contributed by atoms with Crippen LogP contribution in [0.5, 0.6) is 0 Å². The number of ketones is 1. The van der Waals surface area contributed by atoms with Crippen LogP contribution < -0.4 is 0 Å². The first-order valence-electron chi connectivity index (χ1n) is 20.9. The van der Waals surface area contributed by atoms with Crippen molar-refractivity contribution in [2.75, 3.05) is 13.2 Å². The van der Waals surface area contributed by atoms with Gasteiger partial charge in [0.2, 0.25) is 0 Å². The fourth-order valence-electron chi connectivity index (χ4n) is 12.4. The maximum absolute atomic E-state index is 12.6. The average Bonchev–Trinajstić information content (AvgIpc) is 3.41. The molecule has 14 nitrogen and oxygen atoms in total. The van der Waals surface area contributed by atoms with Crippen molar-refractivity contribution in [2.24, 2.45) is 45.3 Å². The third-order valence-corrected chi connectivity index (χ3v) is 16.4. The molecule has 11 unspecified atom stereocenters. The molecular weight excluding hydrogens is 728 g/mol. The lowest BCUT2D eigenvalue weighted by molar-refractivity contribution is -0.343. The van der Waals surface area contributed by atoms with E-state index < -0.39 is 86.3 Å². The van der Waals surface area contributed by atoms with Crippen molar-refractivity contribution in [1.29, 1.82) is 0 Å². The molecule has 2 heterocycles. The van der Waals surface area contributed by atoms with E-state index in [1.54, 1.807) is 0 Å². The third kappa shape index (κ3) is 7.28. The van der Waals surface area contributed by atoms with Crippen LogP contribution in [0.2, 0.25) is 0 Å². The first kappa shape index (κ1) is 44.4. The molecule has 0 aromatic heterocycles. The third-order valence-electron chi connectivity index (χ3n) is 16.4.